The first-order valence-corrected chi connectivity index (χ1v) is 8.96. The van der Waals surface area contributed by atoms with Gasteiger partial charge in [-0.25, -0.2) is 0 Å². The third-order valence-corrected chi connectivity index (χ3v) is 4.12. The number of benzene rings is 2. The first kappa shape index (κ1) is 19.9. The maximum atomic E-state index is 12.5. The molecule has 0 fully saturated rings. The van der Waals surface area contributed by atoms with Gasteiger partial charge < -0.3 is 20.1 Å². The van der Waals surface area contributed by atoms with E-state index in [1.165, 1.54) is 0 Å². The molecular formula is C19H21BrN2O4. The fourth-order valence-corrected chi connectivity index (χ4v) is 2.73. The summed E-state index contributed by atoms with van der Waals surface area (Å²) in [6.45, 7) is 3.25. The van der Waals surface area contributed by atoms with Crippen molar-refractivity contribution in [3.63, 3.8) is 0 Å². The molecule has 0 aromatic heterocycles. The second-order valence-corrected chi connectivity index (χ2v) is 6.20. The van der Waals surface area contributed by atoms with Crippen LogP contribution in [0.1, 0.15) is 27.6 Å². The van der Waals surface area contributed by atoms with Crippen LogP contribution in [0, 0.1) is 0 Å². The Kier molecular flexibility index (Phi) is 7.62. The lowest BCUT2D eigenvalue weighted by Gasteiger charge is -2.12. The van der Waals surface area contributed by atoms with Gasteiger partial charge in [0.15, 0.2) is 0 Å². The molecule has 0 radical (unpaired) electrons. The molecule has 0 saturated heterocycles. The molecule has 0 spiro atoms. The highest BCUT2D eigenvalue weighted by Gasteiger charge is 2.14. The maximum absolute atomic E-state index is 12.5. The van der Waals surface area contributed by atoms with Crippen molar-refractivity contribution in [3.05, 3.63) is 58.1 Å². The molecule has 26 heavy (non-hydrogen) atoms. The van der Waals surface area contributed by atoms with Gasteiger partial charge in [0, 0.05) is 19.2 Å². The third kappa shape index (κ3) is 5.31. The summed E-state index contributed by atoms with van der Waals surface area (Å²) < 4.78 is 11.2. The van der Waals surface area contributed by atoms with E-state index < -0.39 is 0 Å². The summed E-state index contributed by atoms with van der Waals surface area (Å²) in [4.78, 5) is 24.7. The number of amides is 2. The van der Waals surface area contributed by atoms with E-state index in [1.807, 2.05) is 6.92 Å². The van der Waals surface area contributed by atoms with Crippen LogP contribution in [0.3, 0.4) is 0 Å². The van der Waals surface area contributed by atoms with E-state index in [2.05, 4.69) is 26.6 Å². The first-order chi connectivity index (χ1) is 12.6. The number of nitrogens with one attached hydrogen (secondary N) is 2. The summed E-state index contributed by atoms with van der Waals surface area (Å²) in [5.41, 5.74) is 1.32. The predicted octanol–water partition coefficient (Wildman–Crippen LogP) is 3.48. The van der Waals surface area contributed by atoms with Crippen molar-refractivity contribution in [3.8, 4) is 5.75 Å². The Labute approximate surface area is 161 Å². The van der Waals surface area contributed by atoms with Crippen LogP contribution in [0.15, 0.2) is 46.9 Å². The summed E-state index contributed by atoms with van der Waals surface area (Å²) >= 11 is 3.40. The number of halogens is 1. The Morgan fingerprint density at radius 2 is 1.85 bits per heavy atom. The lowest BCUT2D eigenvalue weighted by molar-refractivity contribution is 0.0956. The number of methoxy groups -OCH3 is 1. The fraction of sp³-hybridized carbons (Fsp3) is 0.263. The molecule has 2 rings (SSSR count). The molecule has 0 unspecified atom stereocenters. The van der Waals surface area contributed by atoms with E-state index in [0.717, 1.165) is 0 Å². The van der Waals surface area contributed by atoms with Crippen LogP contribution in [0.5, 0.6) is 5.75 Å². The van der Waals surface area contributed by atoms with Crippen molar-refractivity contribution in [1.82, 2.24) is 5.32 Å². The van der Waals surface area contributed by atoms with Crippen LogP contribution in [-0.2, 0) is 4.74 Å². The normalized spacial score (nSPS) is 10.3. The molecule has 0 bridgehead atoms. The Morgan fingerprint density at radius 1 is 1.08 bits per heavy atom. The van der Waals surface area contributed by atoms with Crippen LogP contribution in [0.2, 0.25) is 0 Å². The van der Waals surface area contributed by atoms with Crippen molar-refractivity contribution in [2.24, 2.45) is 0 Å². The average molecular weight is 421 g/mol. The highest BCUT2D eigenvalue weighted by Crippen LogP contribution is 2.26. The summed E-state index contributed by atoms with van der Waals surface area (Å²) in [6.07, 6.45) is 0. The van der Waals surface area contributed by atoms with E-state index in [1.54, 1.807) is 49.6 Å². The van der Waals surface area contributed by atoms with Crippen molar-refractivity contribution in [1.29, 1.82) is 0 Å². The molecule has 2 aromatic carbocycles. The minimum Gasteiger partial charge on any atom is -0.490 e. The number of hydrogen-bond acceptors (Lipinski definition) is 4. The zero-order valence-corrected chi connectivity index (χ0v) is 16.3. The second-order valence-electron chi connectivity index (χ2n) is 5.35. The summed E-state index contributed by atoms with van der Waals surface area (Å²) in [6, 6.07) is 11.9. The van der Waals surface area contributed by atoms with Gasteiger partial charge in [-0.1, -0.05) is 12.1 Å². The monoisotopic (exact) mass is 420 g/mol. The molecule has 2 amide bonds. The minimum atomic E-state index is -0.314. The maximum Gasteiger partial charge on any atom is 0.255 e. The molecule has 7 heteroatoms. The number of para-hydroxylation sites is 1. The van der Waals surface area contributed by atoms with Crippen LogP contribution >= 0.6 is 15.9 Å². The topological polar surface area (TPSA) is 76.7 Å². The Balaban J connectivity index is 2.13. The number of anilines is 1. The summed E-state index contributed by atoms with van der Waals surface area (Å²) in [5, 5.41) is 5.52. The fourth-order valence-electron chi connectivity index (χ4n) is 2.23. The zero-order chi connectivity index (χ0) is 18.9. The summed E-state index contributed by atoms with van der Waals surface area (Å²) in [5.74, 6) is 0.0821. The molecule has 6 nitrogen and oxygen atoms in total. The van der Waals surface area contributed by atoms with Gasteiger partial charge in [-0.15, -0.1) is 0 Å². The van der Waals surface area contributed by atoms with Gasteiger partial charge in [-0.2, -0.15) is 0 Å². The molecule has 0 aliphatic heterocycles. The highest BCUT2D eigenvalue weighted by atomic mass is 79.9. The highest BCUT2D eigenvalue weighted by molar-refractivity contribution is 9.10. The number of rotatable bonds is 8. The van der Waals surface area contributed by atoms with E-state index in [0.29, 0.717) is 46.8 Å². The van der Waals surface area contributed by atoms with Gasteiger partial charge in [0.1, 0.15) is 12.4 Å². The van der Waals surface area contributed by atoms with Gasteiger partial charge in [0.2, 0.25) is 0 Å². The van der Waals surface area contributed by atoms with Crippen molar-refractivity contribution >= 4 is 33.4 Å². The molecule has 0 aliphatic rings. The van der Waals surface area contributed by atoms with Gasteiger partial charge in [0.25, 0.3) is 11.8 Å². The molecule has 2 N–H and O–H groups in total. The van der Waals surface area contributed by atoms with E-state index >= 15 is 0 Å². The van der Waals surface area contributed by atoms with Crippen molar-refractivity contribution in [2.75, 3.05) is 32.2 Å². The van der Waals surface area contributed by atoms with Gasteiger partial charge in [0.05, 0.1) is 22.3 Å². The lowest BCUT2D eigenvalue weighted by Crippen LogP contribution is -2.24. The number of ether oxygens (including phenoxy) is 2. The standard InChI is InChI=1S/C19H21BrN2O4/c1-3-21-19(24)14-6-4-5-7-16(14)22-18(23)13-8-9-17(15(20)12-13)26-11-10-25-2/h4-9,12H,3,10-11H2,1-2H3,(H,21,24)(H,22,23). The van der Waals surface area contributed by atoms with E-state index in [9.17, 15) is 9.59 Å². The summed E-state index contributed by atoms with van der Waals surface area (Å²) in [7, 11) is 1.60. The number of carbonyl (C=O) groups excluding carboxylic acids is 2. The molecule has 0 heterocycles. The van der Waals surface area contributed by atoms with Crippen LogP contribution in [0.4, 0.5) is 5.69 Å². The second kappa shape index (κ2) is 9.94. The zero-order valence-electron chi connectivity index (χ0n) is 14.7. The molecule has 2 aromatic rings. The average Bonchev–Trinajstić information content (AvgIpc) is 2.63. The molecule has 0 saturated carbocycles. The van der Waals surface area contributed by atoms with E-state index in [-0.39, 0.29) is 11.8 Å². The van der Waals surface area contributed by atoms with Gasteiger partial charge in [-0.05, 0) is 53.2 Å². The predicted molar refractivity (Wildman–Crippen MR) is 104 cm³/mol. The van der Waals surface area contributed by atoms with Crippen LogP contribution < -0.4 is 15.4 Å². The van der Waals surface area contributed by atoms with E-state index in [4.69, 9.17) is 9.47 Å². The van der Waals surface area contributed by atoms with Gasteiger partial charge >= 0.3 is 0 Å². The number of carbonyl (C=O) groups is 2. The first-order valence-electron chi connectivity index (χ1n) is 8.16. The number of hydrogen-bond donors (Lipinski definition) is 2. The Bertz CT molecular complexity index is 780. The largest absolute Gasteiger partial charge is 0.490 e. The van der Waals surface area contributed by atoms with Crippen LogP contribution in [0.25, 0.3) is 0 Å². The quantitative estimate of drug-likeness (QED) is 0.640. The molecule has 138 valence electrons. The van der Waals surface area contributed by atoms with Crippen molar-refractivity contribution < 1.29 is 19.1 Å². The van der Waals surface area contributed by atoms with Crippen molar-refractivity contribution in [2.45, 2.75) is 6.92 Å². The SMILES string of the molecule is CCNC(=O)c1ccccc1NC(=O)c1ccc(OCCOC)c(Br)c1. The minimum absolute atomic E-state index is 0.230. The smallest absolute Gasteiger partial charge is 0.255 e. The molecular weight excluding hydrogens is 400 g/mol. The van der Waals surface area contributed by atoms with Gasteiger partial charge in [-0.3, -0.25) is 9.59 Å². The molecule has 0 aliphatic carbocycles. The van der Waals surface area contributed by atoms with Crippen LogP contribution in [-0.4, -0.2) is 38.7 Å². The molecule has 0 atom stereocenters. The lowest BCUT2D eigenvalue weighted by atomic mass is 10.1. The third-order valence-electron chi connectivity index (χ3n) is 3.50. The Morgan fingerprint density at radius 3 is 2.54 bits per heavy atom. The Hall–Kier alpha value is -2.38.